The summed E-state index contributed by atoms with van der Waals surface area (Å²) < 4.78 is 0. The molecule has 16 heavy (non-hydrogen) atoms. The Labute approximate surface area is 102 Å². The van der Waals surface area contributed by atoms with E-state index in [2.05, 4.69) is 26.2 Å². The lowest BCUT2D eigenvalue weighted by Crippen LogP contribution is -2.27. The zero-order chi connectivity index (χ0) is 11.8. The Hall–Kier alpha value is -0.0400. The van der Waals surface area contributed by atoms with Crippen LogP contribution in [0.4, 0.5) is 0 Å². The predicted octanol–water partition coefficient (Wildman–Crippen LogP) is 4.37. The van der Waals surface area contributed by atoms with Gasteiger partial charge in [0, 0.05) is 6.04 Å². The normalized spacial score (nSPS) is 21.2. The summed E-state index contributed by atoms with van der Waals surface area (Å²) in [5, 5.41) is 3.52. The van der Waals surface area contributed by atoms with E-state index in [1.165, 1.54) is 57.8 Å². The minimum atomic E-state index is 0.766. The third-order valence-corrected chi connectivity index (χ3v) is 4.27. The summed E-state index contributed by atoms with van der Waals surface area (Å²) in [5.41, 5.74) is 0. The molecule has 0 aliphatic heterocycles. The van der Waals surface area contributed by atoms with Gasteiger partial charge in [-0.25, -0.2) is 0 Å². The SMILES string of the molecule is CCCC(C)CC(CCC1CCCC1)NC. The van der Waals surface area contributed by atoms with Gasteiger partial charge in [-0.2, -0.15) is 0 Å². The lowest BCUT2D eigenvalue weighted by molar-refractivity contribution is 0.352. The van der Waals surface area contributed by atoms with Crippen LogP contribution in [0.25, 0.3) is 0 Å². The van der Waals surface area contributed by atoms with Crippen LogP contribution in [0.5, 0.6) is 0 Å². The van der Waals surface area contributed by atoms with E-state index >= 15 is 0 Å². The van der Waals surface area contributed by atoms with Gasteiger partial charge < -0.3 is 5.32 Å². The van der Waals surface area contributed by atoms with Crippen molar-refractivity contribution in [2.24, 2.45) is 11.8 Å². The van der Waals surface area contributed by atoms with E-state index in [-0.39, 0.29) is 0 Å². The van der Waals surface area contributed by atoms with E-state index < -0.39 is 0 Å². The molecule has 0 heterocycles. The van der Waals surface area contributed by atoms with Crippen LogP contribution in [0.2, 0.25) is 0 Å². The molecule has 0 saturated heterocycles. The van der Waals surface area contributed by atoms with E-state index in [0.29, 0.717) is 0 Å². The predicted molar refractivity (Wildman–Crippen MR) is 72.7 cm³/mol. The monoisotopic (exact) mass is 225 g/mol. The first kappa shape index (κ1) is 14.0. The van der Waals surface area contributed by atoms with E-state index in [1.807, 2.05) is 0 Å². The van der Waals surface area contributed by atoms with Crippen LogP contribution < -0.4 is 5.32 Å². The van der Waals surface area contributed by atoms with Crippen molar-refractivity contribution in [3.63, 3.8) is 0 Å². The van der Waals surface area contributed by atoms with Crippen LogP contribution >= 0.6 is 0 Å². The summed E-state index contributed by atoms with van der Waals surface area (Å²) >= 11 is 0. The van der Waals surface area contributed by atoms with Gasteiger partial charge in [-0.1, -0.05) is 52.4 Å². The fourth-order valence-corrected chi connectivity index (χ4v) is 3.21. The Bertz CT molecular complexity index is 161. The van der Waals surface area contributed by atoms with Gasteiger partial charge in [0.15, 0.2) is 0 Å². The van der Waals surface area contributed by atoms with Crippen LogP contribution in [0, 0.1) is 11.8 Å². The summed E-state index contributed by atoms with van der Waals surface area (Å²) in [5.74, 6) is 1.95. The first-order chi connectivity index (χ1) is 7.76. The van der Waals surface area contributed by atoms with Gasteiger partial charge >= 0.3 is 0 Å². The molecule has 0 bridgehead atoms. The molecular formula is C15H31N. The van der Waals surface area contributed by atoms with Gasteiger partial charge in [-0.05, 0) is 38.1 Å². The topological polar surface area (TPSA) is 12.0 Å². The Balaban J connectivity index is 2.14. The van der Waals surface area contributed by atoms with Gasteiger partial charge in [-0.3, -0.25) is 0 Å². The quantitative estimate of drug-likeness (QED) is 0.647. The second kappa shape index (κ2) is 8.11. The maximum Gasteiger partial charge on any atom is 0.00667 e. The highest BCUT2D eigenvalue weighted by Gasteiger charge is 2.17. The van der Waals surface area contributed by atoms with Crippen LogP contribution in [0.15, 0.2) is 0 Å². The van der Waals surface area contributed by atoms with Crippen molar-refractivity contribution < 1.29 is 0 Å². The highest BCUT2D eigenvalue weighted by Crippen LogP contribution is 2.29. The number of hydrogen-bond acceptors (Lipinski definition) is 1. The standard InChI is InChI=1S/C15H31N/c1-4-7-13(2)12-15(16-3)11-10-14-8-5-6-9-14/h13-16H,4-12H2,1-3H3. The molecule has 0 aromatic carbocycles. The highest BCUT2D eigenvalue weighted by atomic mass is 14.9. The molecular weight excluding hydrogens is 194 g/mol. The summed E-state index contributed by atoms with van der Waals surface area (Å²) in [6.07, 6.45) is 12.9. The van der Waals surface area contributed by atoms with Gasteiger partial charge in [0.05, 0.1) is 0 Å². The van der Waals surface area contributed by atoms with E-state index in [4.69, 9.17) is 0 Å². The summed E-state index contributed by atoms with van der Waals surface area (Å²) in [4.78, 5) is 0. The molecule has 1 rings (SSSR count). The first-order valence-corrected chi connectivity index (χ1v) is 7.43. The van der Waals surface area contributed by atoms with Crippen molar-refractivity contribution >= 4 is 0 Å². The van der Waals surface area contributed by atoms with Crippen molar-refractivity contribution in [2.45, 2.75) is 77.7 Å². The molecule has 2 atom stereocenters. The van der Waals surface area contributed by atoms with Crippen molar-refractivity contribution in [3.8, 4) is 0 Å². The fourth-order valence-electron chi connectivity index (χ4n) is 3.21. The van der Waals surface area contributed by atoms with Crippen LogP contribution in [-0.4, -0.2) is 13.1 Å². The summed E-state index contributed by atoms with van der Waals surface area (Å²) in [7, 11) is 2.14. The van der Waals surface area contributed by atoms with Crippen LogP contribution in [-0.2, 0) is 0 Å². The Morgan fingerprint density at radius 3 is 2.44 bits per heavy atom. The minimum Gasteiger partial charge on any atom is -0.317 e. The van der Waals surface area contributed by atoms with E-state index in [1.54, 1.807) is 0 Å². The van der Waals surface area contributed by atoms with E-state index in [0.717, 1.165) is 17.9 Å². The Kier molecular flexibility index (Phi) is 7.11. The van der Waals surface area contributed by atoms with Crippen molar-refractivity contribution in [1.29, 1.82) is 0 Å². The maximum absolute atomic E-state index is 3.52. The van der Waals surface area contributed by atoms with Crippen molar-refractivity contribution in [1.82, 2.24) is 5.32 Å². The lowest BCUT2D eigenvalue weighted by atomic mass is 9.91. The molecule has 0 aromatic rings. The lowest BCUT2D eigenvalue weighted by Gasteiger charge is -2.21. The molecule has 1 N–H and O–H groups in total. The number of rotatable bonds is 8. The molecule has 1 fully saturated rings. The second-order valence-electron chi connectivity index (χ2n) is 5.84. The molecule has 0 aromatic heterocycles. The zero-order valence-electron chi connectivity index (χ0n) is 11.6. The molecule has 1 saturated carbocycles. The molecule has 0 spiro atoms. The molecule has 0 radical (unpaired) electrons. The average molecular weight is 225 g/mol. The smallest absolute Gasteiger partial charge is 0.00667 e. The van der Waals surface area contributed by atoms with Crippen molar-refractivity contribution in [2.75, 3.05) is 7.05 Å². The molecule has 2 unspecified atom stereocenters. The Morgan fingerprint density at radius 2 is 1.88 bits per heavy atom. The highest BCUT2D eigenvalue weighted by molar-refractivity contribution is 4.73. The fraction of sp³-hybridized carbons (Fsp3) is 1.00. The molecule has 96 valence electrons. The minimum absolute atomic E-state index is 0.766. The molecule has 1 nitrogen and oxygen atoms in total. The molecule has 1 aliphatic carbocycles. The first-order valence-electron chi connectivity index (χ1n) is 7.43. The van der Waals surface area contributed by atoms with Gasteiger partial charge in [0.1, 0.15) is 0 Å². The Morgan fingerprint density at radius 1 is 1.19 bits per heavy atom. The number of nitrogens with one attached hydrogen (secondary N) is 1. The maximum atomic E-state index is 3.52. The van der Waals surface area contributed by atoms with Crippen LogP contribution in [0.3, 0.4) is 0 Å². The zero-order valence-corrected chi connectivity index (χ0v) is 11.6. The average Bonchev–Trinajstić information content (AvgIpc) is 2.77. The summed E-state index contributed by atoms with van der Waals surface area (Å²) in [6, 6.07) is 0.766. The van der Waals surface area contributed by atoms with Crippen molar-refractivity contribution in [3.05, 3.63) is 0 Å². The van der Waals surface area contributed by atoms with Gasteiger partial charge in [0.25, 0.3) is 0 Å². The van der Waals surface area contributed by atoms with Crippen LogP contribution in [0.1, 0.15) is 71.6 Å². The molecule has 1 heteroatoms. The third kappa shape index (κ3) is 5.34. The van der Waals surface area contributed by atoms with E-state index in [9.17, 15) is 0 Å². The molecule has 0 amide bonds. The third-order valence-electron chi connectivity index (χ3n) is 4.27. The second-order valence-corrected chi connectivity index (χ2v) is 5.84. The molecule has 1 aliphatic rings. The summed E-state index contributed by atoms with van der Waals surface area (Å²) in [6.45, 7) is 4.70. The van der Waals surface area contributed by atoms with Gasteiger partial charge in [0.2, 0.25) is 0 Å². The largest absolute Gasteiger partial charge is 0.317 e. The number of hydrogen-bond donors (Lipinski definition) is 1. The van der Waals surface area contributed by atoms with Gasteiger partial charge in [-0.15, -0.1) is 0 Å².